The van der Waals surface area contributed by atoms with Crippen LogP contribution in [0, 0.1) is 5.82 Å². The zero-order chi connectivity index (χ0) is 10.7. The second kappa shape index (κ2) is 4.28. The average Bonchev–Trinajstić information content (AvgIpc) is 2.01. The Labute approximate surface area is 85.1 Å². The predicted molar refractivity (Wildman–Crippen MR) is 48.9 cm³/mol. The van der Waals surface area contributed by atoms with Crippen molar-refractivity contribution in [2.45, 2.75) is 13.0 Å². The molecule has 1 rings (SSSR count). The average molecular weight is 219 g/mol. The largest absolute Gasteiger partial charge is 0.506 e. The van der Waals surface area contributed by atoms with Crippen LogP contribution in [0.25, 0.3) is 0 Å². The van der Waals surface area contributed by atoms with E-state index in [2.05, 4.69) is 4.74 Å². The Balaban J connectivity index is 2.90. The van der Waals surface area contributed by atoms with Gasteiger partial charge in [-0.15, -0.1) is 0 Å². The molecule has 1 aromatic carbocycles. The standard InChI is InChI=1S/C9H8ClFO3/c1-5(14-9(12)13)7-3-2-6(11)4-8(7)10/h2-5H,1H3,(H,12,13). The summed E-state index contributed by atoms with van der Waals surface area (Å²) >= 11 is 5.69. The van der Waals surface area contributed by atoms with Crippen molar-refractivity contribution in [1.29, 1.82) is 0 Å². The minimum atomic E-state index is -1.39. The van der Waals surface area contributed by atoms with Gasteiger partial charge in [-0.3, -0.25) is 0 Å². The molecule has 0 saturated heterocycles. The van der Waals surface area contributed by atoms with E-state index in [0.29, 0.717) is 5.56 Å². The number of hydrogen-bond acceptors (Lipinski definition) is 2. The lowest BCUT2D eigenvalue weighted by Gasteiger charge is -2.12. The molecular weight excluding hydrogens is 211 g/mol. The van der Waals surface area contributed by atoms with E-state index in [0.717, 1.165) is 6.07 Å². The number of halogens is 2. The first kappa shape index (κ1) is 10.8. The van der Waals surface area contributed by atoms with Gasteiger partial charge in [-0.2, -0.15) is 0 Å². The van der Waals surface area contributed by atoms with Crippen molar-refractivity contribution in [3.05, 3.63) is 34.6 Å². The second-order valence-electron chi connectivity index (χ2n) is 2.69. The van der Waals surface area contributed by atoms with Crippen molar-refractivity contribution in [2.75, 3.05) is 0 Å². The first-order valence-corrected chi connectivity index (χ1v) is 4.23. The van der Waals surface area contributed by atoms with E-state index < -0.39 is 18.1 Å². The van der Waals surface area contributed by atoms with E-state index in [1.54, 1.807) is 0 Å². The van der Waals surface area contributed by atoms with Crippen LogP contribution in [0.3, 0.4) is 0 Å². The molecule has 5 heteroatoms. The molecule has 76 valence electrons. The van der Waals surface area contributed by atoms with Gasteiger partial charge in [0.1, 0.15) is 11.9 Å². The maximum Gasteiger partial charge on any atom is 0.506 e. The van der Waals surface area contributed by atoms with Gasteiger partial charge in [0.15, 0.2) is 0 Å². The minimum Gasteiger partial charge on any atom is -0.450 e. The van der Waals surface area contributed by atoms with E-state index >= 15 is 0 Å². The number of benzene rings is 1. The number of carboxylic acid groups (broad SMARTS) is 1. The highest BCUT2D eigenvalue weighted by Crippen LogP contribution is 2.25. The van der Waals surface area contributed by atoms with Gasteiger partial charge >= 0.3 is 6.16 Å². The lowest BCUT2D eigenvalue weighted by Crippen LogP contribution is -2.06. The van der Waals surface area contributed by atoms with Crippen LogP contribution < -0.4 is 0 Å². The van der Waals surface area contributed by atoms with Gasteiger partial charge in [-0.25, -0.2) is 9.18 Å². The van der Waals surface area contributed by atoms with E-state index in [-0.39, 0.29) is 5.02 Å². The Morgan fingerprint density at radius 2 is 2.29 bits per heavy atom. The summed E-state index contributed by atoms with van der Waals surface area (Å²) in [6.45, 7) is 1.52. The van der Waals surface area contributed by atoms with Crippen LogP contribution in [0.2, 0.25) is 5.02 Å². The number of rotatable bonds is 2. The van der Waals surface area contributed by atoms with Crippen LogP contribution >= 0.6 is 11.6 Å². The van der Waals surface area contributed by atoms with Gasteiger partial charge < -0.3 is 9.84 Å². The summed E-state index contributed by atoms with van der Waals surface area (Å²) in [6.07, 6.45) is -2.10. The maximum absolute atomic E-state index is 12.6. The Morgan fingerprint density at radius 1 is 1.64 bits per heavy atom. The topological polar surface area (TPSA) is 46.5 Å². The summed E-state index contributed by atoms with van der Waals surface area (Å²) in [5.74, 6) is -0.471. The molecule has 0 heterocycles. The zero-order valence-electron chi connectivity index (χ0n) is 7.33. The molecule has 1 unspecified atom stereocenters. The van der Waals surface area contributed by atoms with E-state index in [4.69, 9.17) is 16.7 Å². The molecule has 0 fully saturated rings. The summed E-state index contributed by atoms with van der Waals surface area (Å²) in [7, 11) is 0. The number of carbonyl (C=O) groups is 1. The Bertz CT molecular complexity index is 354. The van der Waals surface area contributed by atoms with Crippen molar-refractivity contribution < 1.29 is 19.0 Å². The van der Waals surface area contributed by atoms with Crippen molar-refractivity contribution in [3.63, 3.8) is 0 Å². The third kappa shape index (κ3) is 2.60. The van der Waals surface area contributed by atoms with Crippen LogP contribution in [-0.4, -0.2) is 11.3 Å². The Hall–Kier alpha value is -1.29. The number of hydrogen-bond donors (Lipinski definition) is 1. The first-order chi connectivity index (χ1) is 6.50. The molecule has 0 aromatic heterocycles. The van der Waals surface area contributed by atoms with Crippen molar-refractivity contribution >= 4 is 17.8 Å². The molecule has 0 radical (unpaired) electrons. The van der Waals surface area contributed by atoms with E-state index in [1.807, 2.05) is 0 Å². The SMILES string of the molecule is CC(OC(=O)O)c1ccc(F)cc1Cl. The van der Waals surface area contributed by atoms with Crippen LogP contribution in [-0.2, 0) is 4.74 Å². The molecule has 0 saturated carbocycles. The van der Waals surface area contributed by atoms with Gasteiger partial charge in [-0.05, 0) is 19.1 Å². The fourth-order valence-corrected chi connectivity index (χ4v) is 1.37. The molecule has 1 aromatic rings. The second-order valence-corrected chi connectivity index (χ2v) is 3.10. The molecule has 0 aliphatic rings. The van der Waals surface area contributed by atoms with Crippen molar-refractivity contribution in [2.24, 2.45) is 0 Å². The van der Waals surface area contributed by atoms with E-state index in [9.17, 15) is 9.18 Å². The number of ether oxygens (including phenoxy) is 1. The molecule has 0 spiro atoms. The molecule has 0 aliphatic carbocycles. The predicted octanol–water partition coefficient (Wildman–Crippen LogP) is 3.23. The molecule has 0 bridgehead atoms. The van der Waals surface area contributed by atoms with Gasteiger partial charge in [0, 0.05) is 5.56 Å². The molecular formula is C9H8ClFO3. The summed E-state index contributed by atoms with van der Waals surface area (Å²) in [5.41, 5.74) is 0.440. The van der Waals surface area contributed by atoms with Crippen molar-refractivity contribution in [1.82, 2.24) is 0 Å². The van der Waals surface area contributed by atoms with E-state index in [1.165, 1.54) is 19.1 Å². The van der Waals surface area contributed by atoms with Crippen molar-refractivity contribution in [3.8, 4) is 0 Å². The smallest absolute Gasteiger partial charge is 0.450 e. The lowest BCUT2D eigenvalue weighted by molar-refractivity contribution is 0.0587. The Morgan fingerprint density at radius 3 is 2.79 bits per heavy atom. The Kier molecular flexibility index (Phi) is 3.30. The van der Waals surface area contributed by atoms with Gasteiger partial charge in [-0.1, -0.05) is 17.7 Å². The highest BCUT2D eigenvalue weighted by molar-refractivity contribution is 6.31. The lowest BCUT2D eigenvalue weighted by atomic mass is 10.1. The van der Waals surface area contributed by atoms with Crippen LogP contribution in [0.1, 0.15) is 18.6 Å². The summed E-state index contributed by atoms with van der Waals surface area (Å²) in [6, 6.07) is 3.70. The van der Waals surface area contributed by atoms with Crippen LogP contribution in [0.15, 0.2) is 18.2 Å². The zero-order valence-corrected chi connectivity index (χ0v) is 8.08. The quantitative estimate of drug-likeness (QED) is 0.776. The molecule has 1 atom stereocenters. The molecule has 0 aliphatic heterocycles. The van der Waals surface area contributed by atoms with Crippen LogP contribution in [0.4, 0.5) is 9.18 Å². The fraction of sp³-hybridized carbons (Fsp3) is 0.222. The van der Waals surface area contributed by atoms with Gasteiger partial charge in [0.2, 0.25) is 0 Å². The highest BCUT2D eigenvalue weighted by Gasteiger charge is 2.13. The summed E-state index contributed by atoms with van der Waals surface area (Å²) < 4.78 is 17.1. The minimum absolute atomic E-state index is 0.152. The molecule has 1 N–H and O–H groups in total. The van der Waals surface area contributed by atoms with Gasteiger partial charge in [0.25, 0.3) is 0 Å². The third-order valence-corrected chi connectivity index (χ3v) is 2.01. The fourth-order valence-electron chi connectivity index (χ4n) is 1.05. The third-order valence-electron chi connectivity index (χ3n) is 1.68. The normalized spacial score (nSPS) is 12.2. The summed E-state index contributed by atoms with van der Waals surface area (Å²) in [5, 5.41) is 8.50. The highest BCUT2D eigenvalue weighted by atomic mass is 35.5. The molecule has 0 amide bonds. The molecule has 14 heavy (non-hydrogen) atoms. The first-order valence-electron chi connectivity index (χ1n) is 3.85. The maximum atomic E-state index is 12.6. The molecule has 3 nitrogen and oxygen atoms in total. The monoisotopic (exact) mass is 218 g/mol. The summed E-state index contributed by atoms with van der Waals surface area (Å²) in [4.78, 5) is 10.2. The van der Waals surface area contributed by atoms with Gasteiger partial charge in [0.05, 0.1) is 5.02 Å². The van der Waals surface area contributed by atoms with Crippen LogP contribution in [0.5, 0.6) is 0 Å².